The molecule has 2 aromatic carbocycles. The maximum absolute atomic E-state index is 5.23. The first-order valence-electron chi connectivity index (χ1n) is 9.54. The van der Waals surface area contributed by atoms with E-state index in [1.165, 1.54) is 12.8 Å². The molecule has 0 unspecified atom stereocenters. The molecule has 1 aliphatic carbocycles. The highest BCUT2D eigenvalue weighted by atomic mass is 32.2. The average Bonchev–Trinajstić information content (AvgIpc) is 3.36. The van der Waals surface area contributed by atoms with Crippen LogP contribution in [-0.4, -0.2) is 26.9 Å². The monoisotopic (exact) mass is 420 g/mol. The van der Waals surface area contributed by atoms with Crippen LogP contribution in [0.15, 0.2) is 65.1 Å². The summed E-state index contributed by atoms with van der Waals surface area (Å²) in [5.41, 5.74) is 3.29. The van der Waals surface area contributed by atoms with Crippen LogP contribution >= 0.6 is 23.1 Å². The zero-order chi connectivity index (χ0) is 19.6. The first-order valence-corrected chi connectivity index (χ1v) is 11.4. The van der Waals surface area contributed by atoms with Crippen LogP contribution in [-0.2, 0) is 5.75 Å². The highest BCUT2D eigenvalue weighted by molar-refractivity contribution is 7.98. The number of ether oxygens (including phenoxy) is 1. The molecule has 0 radical (unpaired) electrons. The van der Waals surface area contributed by atoms with E-state index in [0.29, 0.717) is 5.92 Å². The van der Waals surface area contributed by atoms with Crippen molar-refractivity contribution in [2.75, 3.05) is 7.11 Å². The lowest BCUT2D eigenvalue weighted by molar-refractivity contribution is 0.415. The second-order valence-electron chi connectivity index (χ2n) is 6.95. The number of thiazole rings is 1. The summed E-state index contributed by atoms with van der Waals surface area (Å²) in [6, 6.07) is 18.4. The molecule has 7 heteroatoms. The van der Waals surface area contributed by atoms with Crippen molar-refractivity contribution in [1.82, 2.24) is 19.7 Å². The van der Waals surface area contributed by atoms with Gasteiger partial charge in [-0.25, -0.2) is 4.98 Å². The maximum atomic E-state index is 5.23. The Labute approximate surface area is 177 Å². The third-order valence-corrected chi connectivity index (χ3v) is 6.76. The van der Waals surface area contributed by atoms with Gasteiger partial charge in [-0.2, -0.15) is 0 Å². The Morgan fingerprint density at radius 2 is 1.86 bits per heavy atom. The first kappa shape index (κ1) is 18.4. The molecule has 0 atom stereocenters. The quantitative estimate of drug-likeness (QED) is 0.366. The molecule has 1 saturated carbocycles. The van der Waals surface area contributed by atoms with E-state index in [1.807, 2.05) is 30.3 Å². The fraction of sp³-hybridized carbons (Fsp3) is 0.227. The topological polar surface area (TPSA) is 52.8 Å². The predicted molar refractivity (Wildman–Crippen MR) is 117 cm³/mol. The van der Waals surface area contributed by atoms with Crippen LogP contribution < -0.4 is 4.74 Å². The van der Waals surface area contributed by atoms with Gasteiger partial charge in [0.25, 0.3) is 0 Å². The number of hydrogen-bond donors (Lipinski definition) is 0. The Kier molecular flexibility index (Phi) is 5.08. The van der Waals surface area contributed by atoms with Gasteiger partial charge in [-0.15, -0.1) is 21.5 Å². The Bertz CT molecular complexity index is 1100. The van der Waals surface area contributed by atoms with Gasteiger partial charge in [-0.3, -0.25) is 4.57 Å². The second kappa shape index (κ2) is 8.00. The molecule has 0 amide bonds. The van der Waals surface area contributed by atoms with Crippen LogP contribution in [0, 0.1) is 0 Å². The third-order valence-electron chi connectivity index (χ3n) is 4.85. The molecule has 5 rings (SSSR count). The Balaban J connectivity index is 1.35. The van der Waals surface area contributed by atoms with Gasteiger partial charge in [-0.05, 0) is 49.2 Å². The molecule has 1 fully saturated rings. The highest BCUT2D eigenvalue weighted by Crippen LogP contribution is 2.41. The second-order valence-corrected chi connectivity index (χ2v) is 8.75. The predicted octanol–water partition coefficient (Wildman–Crippen LogP) is 5.57. The molecule has 2 aromatic heterocycles. The molecule has 0 N–H and O–H groups in total. The smallest absolute Gasteiger partial charge is 0.196 e. The largest absolute Gasteiger partial charge is 0.497 e. The van der Waals surface area contributed by atoms with Crippen molar-refractivity contribution in [3.8, 4) is 22.0 Å². The van der Waals surface area contributed by atoms with E-state index in [2.05, 4.69) is 44.4 Å². The van der Waals surface area contributed by atoms with Gasteiger partial charge < -0.3 is 4.74 Å². The minimum atomic E-state index is 0.540. The molecule has 0 bridgehead atoms. The summed E-state index contributed by atoms with van der Waals surface area (Å²) < 4.78 is 7.44. The Hall–Kier alpha value is -2.64. The number of rotatable bonds is 7. The fourth-order valence-electron chi connectivity index (χ4n) is 3.18. The molecular formula is C22H20N4OS2. The average molecular weight is 421 g/mol. The normalized spacial score (nSPS) is 13.6. The number of methoxy groups -OCH3 is 1. The number of thioether (sulfide) groups is 1. The van der Waals surface area contributed by atoms with E-state index >= 15 is 0 Å². The first-order chi connectivity index (χ1) is 14.3. The number of nitrogens with zero attached hydrogens (tertiary/aromatic N) is 4. The van der Waals surface area contributed by atoms with Gasteiger partial charge in [0.05, 0.1) is 12.8 Å². The number of para-hydroxylation sites is 1. The minimum Gasteiger partial charge on any atom is -0.497 e. The lowest BCUT2D eigenvalue weighted by Crippen LogP contribution is -2.01. The fourth-order valence-corrected chi connectivity index (χ4v) is 4.96. The lowest BCUT2D eigenvalue weighted by Gasteiger charge is -2.09. The van der Waals surface area contributed by atoms with Crippen molar-refractivity contribution < 1.29 is 4.74 Å². The Morgan fingerprint density at radius 3 is 2.59 bits per heavy atom. The van der Waals surface area contributed by atoms with E-state index < -0.39 is 0 Å². The summed E-state index contributed by atoms with van der Waals surface area (Å²) in [6.07, 6.45) is 2.40. The molecule has 0 aliphatic heterocycles. The van der Waals surface area contributed by atoms with Crippen LogP contribution in [0.2, 0.25) is 0 Å². The molecular weight excluding hydrogens is 400 g/mol. The highest BCUT2D eigenvalue weighted by Gasteiger charge is 2.31. The molecule has 0 spiro atoms. The molecule has 4 aromatic rings. The molecule has 29 heavy (non-hydrogen) atoms. The van der Waals surface area contributed by atoms with Crippen LogP contribution in [0.5, 0.6) is 5.75 Å². The standard InChI is InChI=1S/C22H20N4OS2/c1-27-19-11-9-16(10-12-19)21-23-17(13-28-21)14-29-22-25-24-20(15-7-8-15)26(22)18-5-3-2-4-6-18/h2-6,9-13,15H,7-8,14H2,1H3. The molecule has 0 saturated heterocycles. The number of hydrogen-bond acceptors (Lipinski definition) is 6. The van der Waals surface area contributed by atoms with Crippen molar-refractivity contribution in [1.29, 1.82) is 0 Å². The minimum absolute atomic E-state index is 0.540. The van der Waals surface area contributed by atoms with Gasteiger partial charge in [0, 0.05) is 28.3 Å². The van der Waals surface area contributed by atoms with E-state index in [-0.39, 0.29) is 0 Å². The Morgan fingerprint density at radius 1 is 1.07 bits per heavy atom. The third kappa shape index (κ3) is 3.93. The van der Waals surface area contributed by atoms with Gasteiger partial charge in [0.2, 0.25) is 0 Å². The van der Waals surface area contributed by atoms with Gasteiger partial charge in [0.1, 0.15) is 16.6 Å². The number of benzene rings is 2. The van der Waals surface area contributed by atoms with Crippen molar-refractivity contribution in [3.05, 3.63) is 71.5 Å². The molecule has 5 nitrogen and oxygen atoms in total. The van der Waals surface area contributed by atoms with Crippen molar-refractivity contribution in [2.45, 2.75) is 29.7 Å². The summed E-state index contributed by atoms with van der Waals surface area (Å²) in [5, 5.41) is 13.1. The number of aromatic nitrogens is 4. The van der Waals surface area contributed by atoms with Crippen molar-refractivity contribution in [2.24, 2.45) is 0 Å². The van der Waals surface area contributed by atoms with Crippen LogP contribution in [0.25, 0.3) is 16.3 Å². The summed E-state index contributed by atoms with van der Waals surface area (Å²) >= 11 is 3.35. The summed E-state index contributed by atoms with van der Waals surface area (Å²) in [4.78, 5) is 4.81. The van der Waals surface area contributed by atoms with Gasteiger partial charge in [-0.1, -0.05) is 30.0 Å². The van der Waals surface area contributed by atoms with Crippen molar-refractivity contribution >= 4 is 23.1 Å². The lowest BCUT2D eigenvalue weighted by atomic mass is 10.2. The molecule has 1 aliphatic rings. The molecule has 2 heterocycles. The maximum Gasteiger partial charge on any atom is 0.196 e. The zero-order valence-electron chi connectivity index (χ0n) is 16.0. The van der Waals surface area contributed by atoms with E-state index in [9.17, 15) is 0 Å². The van der Waals surface area contributed by atoms with Gasteiger partial charge in [0.15, 0.2) is 5.16 Å². The van der Waals surface area contributed by atoms with Gasteiger partial charge >= 0.3 is 0 Å². The summed E-state index contributed by atoms with van der Waals surface area (Å²) in [6.45, 7) is 0. The summed E-state index contributed by atoms with van der Waals surface area (Å²) in [5.74, 6) is 3.24. The van der Waals surface area contributed by atoms with Crippen LogP contribution in [0.3, 0.4) is 0 Å². The summed E-state index contributed by atoms with van der Waals surface area (Å²) in [7, 11) is 1.68. The zero-order valence-corrected chi connectivity index (χ0v) is 17.6. The van der Waals surface area contributed by atoms with E-state index in [4.69, 9.17) is 9.72 Å². The van der Waals surface area contributed by atoms with Crippen LogP contribution in [0.4, 0.5) is 0 Å². The van der Waals surface area contributed by atoms with E-state index in [0.717, 1.165) is 44.4 Å². The SMILES string of the molecule is COc1ccc(-c2nc(CSc3nnc(C4CC4)n3-c3ccccc3)cs2)cc1. The van der Waals surface area contributed by atoms with E-state index in [1.54, 1.807) is 30.2 Å². The molecule has 146 valence electrons. The van der Waals surface area contributed by atoms with Crippen molar-refractivity contribution in [3.63, 3.8) is 0 Å². The van der Waals surface area contributed by atoms with Crippen LogP contribution in [0.1, 0.15) is 30.3 Å².